The molecule has 0 aromatic heterocycles. The van der Waals surface area contributed by atoms with Crippen LogP contribution in [0.2, 0.25) is 0 Å². The van der Waals surface area contributed by atoms with Crippen LogP contribution in [0.3, 0.4) is 0 Å². The Morgan fingerprint density at radius 1 is 0.958 bits per heavy atom. The Balaban J connectivity index is 2.04. The second-order valence-corrected chi connectivity index (χ2v) is 7.02. The van der Waals surface area contributed by atoms with E-state index in [1.165, 1.54) is 0 Å². The lowest BCUT2D eigenvalue weighted by Crippen LogP contribution is -2.43. The van der Waals surface area contributed by atoms with Crippen LogP contribution in [0.25, 0.3) is 0 Å². The topological polar surface area (TPSA) is 93.1 Å². The third kappa shape index (κ3) is 5.34. The Bertz CT molecular complexity index is 396. The summed E-state index contributed by atoms with van der Waals surface area (Å²) < 4.78 is 10.4. The van der Waals surface area contributed by atoms with Gasteiger partial charge in [-0.2, -0.15) is 0 Å². The summed E-state index contributed by atoms with van der Waals surface area (Å²) in [6.45, 7) is 3.15. The maximum atomic E-state index is 12.3. The highest BCUT2D eigenvalue weighted by molar-refractivity contribution is 5.86. The first-order valence-corrected chi connectivity index (χ1v) is 9.10. The van der Waals surface area contributed by atoms with E-state index in [2.05, 4.69) is 0 Å². The molecule has 0 bridgehead atoms. The smallest absolute Gasteiger partial charge is 0.161 e. The van der Waals surface area contributed by atoms with Gasteiger partial charge in [0.05, 0.1) is 12.2 Å². The molecule has 0 saturated carbocycles. The van der Waals surface area contributed by atoms with E-state index in [0.29, 0.717) is 51.7 Å². The summed E-state index contributed by atoms with van der Waals surface area (Å²) in [5, 5.41) is 20.1. The number of ether oxygens (including phenoxy) is 2. The van der Waals surface area contributed by atoms with Crippen molar-refractivity contribution in [3.8, 4) is 0 Å². The monoisotopic (exact) mass is 342 g/mol. The van der Waals surface area contributed by atoms with Gasteiger partial charge in [0.25, 0.3) is 0 Å². The van der Waals surface area contributed by atoms with Crippen molar-refractivity contribution in [2.75, 3.05) is 26.4 Å². The maximum Gasteiger partial charge on any atom is 0.161 e. The second-order valence-electron chi connectivity index (χ2n) is 7.02. The van der Waals surface area contributed by atoms with Crippen LogP contribution in [-0.2, 0) is 19.1 Å². The molecule has 2 heterocycles. The van der Waals surface area contributed by atoms with Gasteiger partial charge in [0.15, 0.2) is 11.6 Å². The van der Waals surface area contributed by atoms with Gasteiger partial charge in [-0.05, 0) is 44.4 Å². The Labute approximate surface area is 143 Å². The van der Waals surface area contributed by atoms with Crippen molar-refractivity contribution in [1.29, 1.82) is 0 Å². The molecule has 2 aliphatic heterocycles. The molecule has 2 fully saturated rings. The van der Waals surface area contributed by atoms with Gasteiger partial charge >= 0.3 is 0 Å². The molecule has 24 heavy (non-hydrogen) atoms. The molecule has 0 aromatic rings. The van der Waals surface area contributed by atoms with Gasteiger partial charge in [0.1, 0.15) is 13.2 Å². The zero-order chi connectivity index (χ0) is 17.5. The molecular weight excluding hydrogens is 312 g/mol. The molecule has 6 nitrogen and oxygen atoms in total. The maximum absolute atomic E-state index is 12.3. The molecule has 2 aliphatic rings. The molecule has 2 rings (SSSR count). The summed E-state index contributed by atoms with van der Waals surface area (Å²) in [6, 6.07) is 0. The van der Waals surface area contributed by atoms with Gasteiger partial charge in [-0.3, -0.25) is 9.59 Å². The fourth-order valence-electron chi connectivity index (χ4n) is 3.84. The average molecular weight is 342 g/mol. The average Bonchev–Trinajstić information content (AvgIpc) is 2.59. The van der Waals surface area contributed by atoms with Crippen LogP contribution in [-0.4, -0.2) is 60.4 Å². The first-order chi connectivity index (χ1) is 11.5. The number of rotatable bonds is 8. The quantitative estimate of drug-likeness (QED) is 0.686. The van der Waals surface area contributed by atoms with Crippen LogP contribution in [0.1, 0.15) is 45.4 Å². The third-order valence-electron chi connectivity index (χ3n) is 5.34. The molecule has 0 aliphatic carbocycles. The van der Waals surface area contributed by atoms with Crippen LogP contribution in [0.15, 0.2) is 0 Å². The van der Waals surface area contributed by atoms with Gasteiger partial charge in [-0.1, -0.05) is 6.92 Å². The first kappa shape index (κ1) is 19.5. The highest BCUT2D eigenvalue weighted by atomic mass is 16.5. The lowest BCUT2D eigenvalue weighted by Gasteiger charge is -2.37. The lowest BCUT2D eigenvalue weighted by atomic mass is 9.71. The largest absolute Gasteiger partial charge is 0.393 e. The van der Waals surface area contributed by atoms with E-state index in [4.69, 9.17) is 9.47 Å². The molecule has 6 heteroatoms. The third-order valence-corrected chi connectivity index (χ3v) is 5.34. The van der Waals surface area contributed by atoms with Crippen LogP contribution in [0.4, 0.5) is 0 Å². The van der Waals surface area contributed by atoms with Crippen LogP contribution in [0.5, 0.6) is 0 Å². The Morgan fingerprint density at radius 3 is 1.92 bits per heavy atom. The second kappa shape index (κ2) is 9.61. The molecule has 4 unspecified atom stereocenters. The van der Waals surface area contributed by atoms with E-state index in [9.17, 15) is 19.8 Å². The van der Waals surface area contributed by atoms with E-state index in [-0.39, 0.29) is 42.5 Å². The Kier molecular flexibility index (Phi) is 7.81. The number of aliphatic hydroxyl groups excluding tert-OH is 2. The highest BCUT2D eigenvalue weighted by Crippen LogP contribution is 2.35. The molecule has 0 aromatic carbocycles. The summed E-state index contributed by atoms with van der Waals surface area (Å²) in [4.78, 5) is 24.6. The summed E-state index contributed by atoms with van der Waals surface area (Å²) in [6.07, 6.45) is 2.30. The number of aliphatic hydroxyl groups is 2. The fourth-order valence-corrected chi connectivity index (χ4v) is 3.84. The zero-order valence-corrected chi connectivity index (χ0v) is 14.5. The number of carbonyl (C=O) groups excluding carboxylic acids is 2. The van der Waals surface area contributed by atoms with Crippen LogP contribution in [0, 0.1) is 17.8 Å². The van der Waals surface area contributed by atoms with E-state index in [1.807, 2.05) is 6.92 Å². The van der Waals surface area contributed by atoms with Gasteiger partial charge in [0, 0.05) is 25.0 Å². The summed E-state index contributed by atoms with van der Waals surface area (Å²) in [5.74, 6) is -0.544. The van der Waals surface area contributed by atoms with Crippen molar-refractivity contribution in [3.63, 3.8) is 0 Å². The van der Waals surface area contributed by atoms with Crippen molar-refractivity contribution >= 4 is 11.6 Å². The van der Waals surface area contributed by atoms with E-state index >= 15 is 0 Å². The van der Waals surface area contributed by atoms with Crippen LogP contribution >= 0.6 is 0 Å². The molecule has 2 saturated heterocycles. The minimum atomic E-state index is -0.609. The van der Waals surface area contributed by atoms with Gasteiger partial charge < -0.3 is 19.7 Å². The number of hydrogen-bond acceptors (Lipinski definition) is 6. The Hall–Kier alpha value is -0.820. The van der Waals surface area contributed by atoms with E-state index in [1.54, 1.807) is 0 Å². The molecule has 4 atom stereocenters. The van der Waals surface area contributed by atoms with E-state index in [0.717, 1.165) is 0 Å². The summed E-state index contributed by atoms with van der Waals surface area (Å²) >= 11 is 0. The molecular formula is C18H30O6. The zero-order valence-electron chi connectivity index (χ0n) is 14.5. The van der Waals surface area contributed by atoms with Crippen molar-refractivity contribution in [3.05, 3.63) is 0 Å². The first-order valence-electron chi connectivity index (χ1n) is 9.10. The standard InChI is InChI=1S/C18H30O6/c1-2-12(19)3-4-13(20)9-16(14-5-7-23-10-17(14)21)15-6-8-24-11-18(15)22/h12-16,19-20H,2-11H2,1H3. The minimum Gasteiger partial charge on any atom is -0.393 e. The highest BCUT2D eigenvalue weighted by Gasteiger charge is 2.40. The molecule has 0 radical (unpaired) electrons. The van der Waals surface area contributed by atoms with Crippen molar-refractivity contribution in [1.82, 2.24) is 0 Å². The van der Waals surface area contributed by atoms with E-state index < -0.39 is 12.2 Å². The Morgan fingerprint density at radius 2 is 1.46 bits per heavy atom. The molecule has 138 valence electrons. The van der Waals surface area contributed by atoms with Gasteiger partial charge in [0.2, 0.25) is 0 Å². The molecule has 0 amide bonds. The van der Waals surface area contributed by atoms with Crippen LogP contribution < -0.4 is 0 Å². The molecule has 2 N–H and O–H groups in total. The SMILES string of the molecule is CCC(O)CCC(O)CC(C1CCOCC1=O)C1CCOCC1=O. The number of Topliss-reactive ketones (excluding diaryl/α,β-unsaturated/α-hetero) is 2. The summed E-state index contributed by atoms with van der Waals surface area (Å²) in [7, 11) is 0. The predicted octanol–water partition coefficient (Wildman–Crippen LogP) is 1.12. The predicted molar refractivity (Wildman–Crippen MR) is 87.5 cm³/mol. The van der Waals surface area contributed by atoms with Crippen molar-refractivity contribution < 1.29 is 29.3 Å². The van der Waals surface area contributed by atoms with Crippen molar-refractivity contribution in [2.24, 2.45) is 17.8 Å². The summed E-state index contributed by atoms with van der Waals surface area (Å²) in [5.41, 5.74) is 0. The lowest BCUT2D eigenvalue weighted by molar-refractivity contribution is -0.143. The number of ketones is 2. The normalized spacial score (nSPS) is 29.3. The number of hydrogen-bond donors (Lipinski definition) is 2. The van der Waals surface area contributed by atoms with Crippen molar-refractivity contribution in [2.45, 2.75) is 57.7 Å². The number of carbonyl (C=O) groups is 2. The minimum absolute atomic E-state index is 0.0336. The fraction of sp³-hybridized carbons (Fsp3) is 0.889. The van der Waals surface area contributed by atoms with Gasteiger partial charge in [-0.15, -0.1) is 0 Å². The molecule has 0 spiro atoms. The van der Waals surface area contributed by atoms with Gasteiger partial charge in [-0.25, -0.2) is 0 Å².